The third kappa shape index (κ3) is 4.44. The van der Waals surface area contributed by atoms with Gasteiger partial charge in [0.15, 0.2) is 0 Å². The van der Waals surface area contributed by atoms with E-state index < -0.39 is 0 Å². The molecule has 1 heterocycles. The van der Waals surface area contributed by atoms with Crippen molar-refractivity contribution < 1.29 is 0 Å². The lowest BCUT2D eigenvalue weighted by Gasteiger charge is -2.17. The van der Waals surface area contributed by atoms with Gasteiger partial charge in [-0.15, -0.1) is 11.3 Å². The highest BCUT2D eigenvalue weighted by molar-refractivity contribution is 9.10. The van der Waals surface area contributed by atoms with Gasteiger partial charge in [-0.05, 0) is 58.9 Å². The molecule has 0 spiro atoms. The molecule has 1 unspecified atom stereocenters. The zero-order valence-corrected chi connectivity index (χ0v) is 14.6. The smallest absolute Gasteiger partial charge is 0.0456 e. The van der Waals surface area contributed by atoms with Crippen LogP contribution < -0.4 is 5.32 Å². The van der Waals surface area contributed by atoms with Crippen LogP contribution in [-0.2, 0) is 12.8 Å². The van der Waals surface area contributed by atoms with Crippen molar-refractivity contribution in [3.63, 3.8) is 0 Å². The van der Waals surface area contributed by atoms with E-state index >= 15 is 0 Å². The summed E-state index contributed by atoms with van der Waals surface area (Å²) in [6.45, 7) is 5.47. The molecule has 1 aromatic carbocycles. The Kier molecular flexibility index (Phi) is 6.27. The molecule has 0 aliphatic carbocycles. The molecule has 0 bridgehead atoms. The number of hydrogen-bond donors (Lipinski definition) is 1. The molecular weight excluding hydrogens is 330 g/mol. The molecule has 0 aliphatic rings. The fourth-order valence-electron chi connectivity index (χ4n) is 2.25. The molecule has 1 atom stereocenters. The summed E-state index contributed by atoms with van der Waals surface area (Å²) in [6.07, 6.45) is 3.32. The van der Waals surface area contributed by atoms with Gasteiger partial charge in [0.25, 0.3) is 0 Å². The van der Waals surface area contributed by atoms with Crippen LogP contribution in [0.15, 0.2) is 40.2 Å². The molecule has 0 amide bonds. The quantitative estimate of drug-likeness (QED) is 0.708. The number of aryl methyl sites for hydroxylation is 1. The first-order chi connectivity index (χ1) is 9.72. The fraction of sp³-hybridized carbons (Fsp3) is 0.412. The molecule has 1 N–H and O–H groups in total. The monoisotopic (exact) mass is 351 g/mol. The molecule has 3 heteroatoms. The molecule has 0 fully saturated rings. The summed E-state index contributed by atoms with van der Waals surface area (Å²) < 4.78 is 1.18. The van der Waals surface area contributed by atoms with Crippen molar-refractivity contribution in [2.45, 2.75) is 39.2 Å². The van der Waals surface area contributed by atoms with E-state index in [1.165, 1.54) is 20.5 Å². The first-order valence-electron chi connectivity index (χ1n) is 7.28. The number of benzene rings is 1. The lowest BCUT2D eigenvalue weighted by molar-refractivity contribution is 0.536. The second-order valence-electron chi connectivity index (χ2n) is 5.05. The van der Waals surface area contributed by atoms with E-state index in [0.29, 0.717) is 6.04 Å². The molecule has 0 aliphatic heterocycles. The SMILES string of the molecule is CCCNC(Cc1ccc(CC)cc1)c1cc(Br)cs1. The maximum absolute atomic E-state index is 3.67. The molecule has 0 saturated carbocycles. The van der Waals surface area contributed by atoms with E-state index in [-0.39, 0.29) is 0 Å². The Hall–Kier alpha value is -0.640. The number of halogens is 1. The molecule has 0 saturated heterocycles. The highest BCUT2D eigenvalue weighted by Crippen LogP contribution is 2.28. The third-order valence-electron chi connectivity index (χ3n) is 3.44. The predicted octanol–water partition coefficient (Wildman–Crippen LogP) is 5.36. The molecule has 20 heavy (non-hydrogen) atoms. The Bertz CT molecular complexity index is 518. The van der Waals surface area contributed by atoms with Crippen molar-refractivity contribution in [3.05, 3.63) is 56.2 Å². The summed E-state index contributed by atoms with van der Waals surface area (Å²) in [5.74, 6) is 0. The largest absolute Gasteiger partial charge is 0.309 e. The van der Waals surface area contributed by atoms with Gasteiger partial charge in [0.2, 0.25) is 0 Å². The average Bonchev–Trinajstić information content (AvgIpc) is 2.90. The van der Waals surface area contributed by atoms with Crippen molar-refractivity contribution in [1.82, 2.24) is 5.32 Å². The van der Waals surface area contributed by atoms with Gasteiger partial charge < -0.3 is 5.32 Å². The van der Waals surface area contributed by atoms with Crippen LogP contribution in [0.4, 0.5) is 0 Å². The van der Waals surface area contributed by atoms with Crippen molar-refractivity contribution in [2.75, 3.05) is 6.54 Å². The van der Waals surface area contributed by atoms with Crippen molar-refractivity contribution in [3.8, 4) is 0 Å². The summed E-state index contributed by atoms with van der Waals surface area (Å²) >= 11 is 5.38. The number of nitrogens with one attached hydrogen (secondary N) is 1. The Morgan fingerprint density at radius 2 is 1.85 bits per heavy atom. The number of rotatable bonds is 7. The van der Waals surface area contributed by atoms with E-state index in [1.807, 2.05) is 11.3 Å². The van der Waals surface area contributed by atoms with Crippen molar-refractivity contribution in [2.24, 2.45) is 0 Å². The Labute approximate surface area is 134 Å². The van der Waals surface area contributed by atoms with Gasteiger partial charge in [0, 0.05) is 20.8 Å². The molecule has 2 aromatic rings. The van der Waals surface area contributed by atoms with Gasteiger partial charge >= 0.3 is 0 Å². The van der Waals surface area contributed by atoms with E-state index in [4.69, 9.17) is 0 Å². The Morgan fingerprint density at radius 3 is 2.40 bits per heavy atom. The second kappa shape index (κ2) is 7.96. The normalized spacial score (nSPS) is 12.6. The fourth-order valence-corrected chi connectivity index (χ4v) is 3.77. The van der Waals surface area contributed by atoms with Gasteiger partial charge in [-0.3, -0.25) is 0 Å². The van der Waals surface area contributed by atoms with Crippen LogP contribution in [0.25, 0.3) is 0 Å². The van der Waals surface area contributed by atoms with E-state index in [2.05, 4.69) is 70.8 Å². The predicted molar refractivity (Wildman–Crippen MR) is 92.6 cm³/mol. The van der Waals surface area contributed by atoms with Crippen LogP contribution in [0.1, 0.15) is 42.3 Å². The van der Waals surface area contributed by atoms with E-state index in [9.17, 15) is 0 Å². The summed E-state index contributed by atoms with van der Waals surface area (Å²) in [5.41, 5.74) is 2.81. The Balaban J connectivity index is 2.10. The molecule has 1 nitrogen and oxygen atoms in total. The summed E-state index contributed by atoms with van der Waals surface area (Å²) in [5, 5.41) is 5.83. The first-order valence-corrected chi connectivity index (χ1v) is 8.95. The molecule has 108 valence electrons. The van der Waals surface area contributed by atoms with Crippen LogP contribution in [-0.4, -0.2) is 6.54 Å². The molecule has 2 rings (SSSR count). The molecular formula is C17H22BrNS. The van der Waals surface area contributed by atoms with Crippen molar-refractivity contribution in [1.29, 1.82) is 0 Å². The van der Waals surface area contributed by atoms with Crippen LogP contribution in [0.5, 0.6) is 0 Å². The number of hydrogen-bond acceptors (Lipinski definition) is 2. The lowest BCUT2D eigenvalue weighted by Crippen LogP contribution is -2.23. The van der Waals surface area contributed by atoms with Gasteiger partial charge in [-0.1, -0.05) is 38.1 Å². The maximum Gasteiger partial charge on any atom is 0.0456 e. The average molecular weight is 352 g/mol. The topological polar surface area (TPSA) is 12.0 Å². The third-order valence-corrected chi connectivity index (χ3v) is 5.25. The van der Waals surface area contributed by atoms with E-state index in [0.717, 1.165) is 25.8 Å². The van der Waals surface area contributed by atoms with E-state index in [1.54, 1.807) is 0 Å². The minimum atomic E-state index is 0.415. The van der Waals surface area contributed by atoms with Gasteiger partial charge in [0.05, 0.1) is 0 Å². The summed E-state index contributed by atoms with van der Waals surface area (Å²) in [4.78, 5) is 1.41. The minimum absolute atomic E-state index is 0.415. The van der Waals surface area contributed by atoms with Crippen LogP contribution in [0.2, 0.25) is 0 Å². The maximum atomic E-state index is 3.67. The highest BCUT2D eigenvalue weighted by Gasteiger charge is 2.13. The van der Waals surface area contributed by atoms with Gasteiger partial charge in [0.1, 0.15) is 0 Å². The van der Waals surface area contributed by atoms with Crippen LogP contribution >= 0.6 is 27.3 Å². The van der Waals surface area contributed by atoms with Gasteiger partial charge in [-0.2, -0.15) is 0 Å². The highest BCUT2D eigenvalue weighted by atomic mass is 79.9. The molecule has 0 radical (unpaired) electrons. The zero-order chi connectivity index (χ0) is 14.4. The first kappa shape index (κ1) is 15.7. The van der Waals surface area contributed by atoms with Crippen molar-refractivity contribution >= 4 is 27.3 Å². The van der Waals surface area contributed by atoms with Crippen LogP contribution in [0, 0.1) is 0 Å². The summed E-state index contributed by atoms with van der Waals surface area (Å²) in [6, 6.07) is 11.7. The number of thiophene rings is 1. The van der Waals surface area contributed by atoms with Gasteiger partial charge in [-0.25, -0.2) is 0 Å². The second-order valence-corrected chi connectivity index (χ2v) is 6.91. The standard InChI is InChI=1S/C17H22BrNS/c1-3-9-19-16(17-11-15(18)12-20-17)10-14-7-5-13(4-2)6-8-14/h5-8,11-12,16,19H,3-4,9-10H2,1-2H3. The van der Waals surface area contributed by atoms with Crippen LogP contribution in [0.3, 0.4) is 0 Å². The molecule has 1 aromatic heterocycles. The summed E-state index contributed by atoms with van der Waals surface area (Å²) in [7, 11) is 0. The lowest BCUT2D eigenvalue weighted by atomic mass is 10.0. The minimum Gasteiger partial charge on any atom is -0.309 e. The zero-order valence-electron chi connectivity index (χ0n) is 12.2. The Morgan fingerprint density at radius 1 is 1.15 bits per heavy atom.